The number of allylic oxidation sites excluding steroid dienone is 1. The van der Waals surface area contributed by atoms with Gasteiger partial charge in [-0.05, 0) is 67.5 Å². The van der Waals surface area contributed by atoms with Gasteiger partial charge in [-0.25, -0.2) is 4.79 Å². The molecule has 3 N–H and O–H groups in total. The number of aromatic carboxylic acids is 1. The number of rotatable bonds is 9. The van der Waals surface area contributed by atoms with Crippen molar-refractivity contribution >= 4 is 40.9 Å². The van der Waals surface area contributed by atoms with Crippen LogP contribution in [0.2, 0.25) is 0 Å². The minimum Gasteiger partial charge on any atom is -0.478 e. The van der Waals surface area contributed by atoms with Gasteiger partial charge in [-0.1, -0.05) is 42.5 Å². The number of carboxylic acid groups (broad SMARTS) is 1. The number of carboxylic acids is 1. The molecule has 0 aliphatic carbocycles. The molecule has 0 saturated heterocycles. The van der Waals surface area contributed by atoms with Crippen molar-refractivity contribution in [1.29, 1.82) is 0 Å². The lowest BCUT2D eigenvalue weighted by Gasteiger charge is -2.19. The number of hydrogen-bond acceptors (Lipinski definition) is 5. The van der Waals surface area contributed by atoms with Crippen molar-refractivity contribution < 1.29 is 19.5 Å². The molecule has 3 aromatic rings. The molecule has 1 aliphatic rings. The summed E-state index contributed by atoms with van der Waals surface area (Å²) in [6.45, 7) is 3.46. The highest BCUT2D eigenvalue weighted by molar-refractivity contribution is 6.00. The SMILES string of the molecule is C/C(=C(\Nc1ccc2c(c1)CN(C(=O)CN(C)C)C2)c1ccccc1)c1ccc(C(=O)O)cc1NC=O. The monoisotopic (exact) mass is 498 g/mol. The van der Waals surface area contributed by atoms with E-state index in [9.17, 15) is 19.5 Å². The van der Waals surface area contributed by atoms with Gasteiger partial charge in [0, 0.05) is 35.7 Å². The third kappa shape index (κ3) is 5.87. The summed E-state index contributed by atoms with van der Waals surface area (Å²) in [5.74, 6) is -0.976. The standard InChI is InChI=1S/C29H30N4O4/c1-19(25-12-10-21(29(36)37)14-26(25)30-18-34)28(20-7-5-4-6-8-20)31-24-11-9-22-15-33(16-23(22)13-24)27(35)17-32(2)3/h4-14,18,31H,15-17H2,1-3H3,(H,30,34)(H,36,37)/b28-19+. The molecule has 3 aromatic carbocycles. The first-order chi connectivity index (χ1) is 17.8. The molecule has 190 valence electrons. The highest BCUT2D eigenvalue weighted by atomic mass is 16.4. The lowest BCUT2D eigenvalue weighted by atomic mass is 9.97. The molecule has 8 heteroatoms. The minimum atomic E-state index is -1.07. The molecule has 4 rings (SSSR count). The van der Waals surface area contributed by atoms with Crippen LogP contribution >= 0.6 is 0 Å². The second-order valence-corrected chi connectivity index (χ2v) is 9.29. The van der Waals surface area contributed by atoms with Gasteiger partial charge in [-0.3, -0.25) is 9.59 Å². The molecular weight excluding hydrogens is 468 g/mol. The number of carbonyl (C=O) groups excluding carboxylic acids is 2. The number of likely N-dealkylation sites (N-methyl/N-ethyl adjacent to an activating group) is 1. The van der Waals surface area contributed by atoms with E-state index in [0.29, 0.717) is 37.3 Å². The van der Waals surface area contributed by atoms with Crippen LogP contribution in [0.3, 0.4) is 0 Å². The zero-order chi connectivity index (χ0) is 26.5. The summed E-state index contributed by atoms with van der Waals surface area (Å²) in [7, 11) is 3.77. The van der Waals surface area contributed by atoms with E-state index in [-0.39, 0.29) is 11.5 Å². The third-order valence-corrected chi connectivity index (χ3v) is 6.32. The molecule has 0 atom stereocenters. The highest BCUT2D eigenvalue weighted by Gasteiger charge is 2.24. The lowest BCUT2D eigenvalue weighted by Crippen LogP contribution is -2.34. The normalized spacial score (nSPS) is 13.1. The smallest absolute Gasteiger partial charge is 0.335 e. The van der Waals surface area contributed by atoms with E-state index in [1.54, 1.807) is 6.07 Å². The average molecular weight is 499 g/mol. The summed E-state index contributed by atoms with van der Waals surface area (Å²) in [6.07, 6.45) is 0.539. The Morgan fingerprint density at radius 3 is 2.38 bits per heavy atom. The van der Waals surface area contributed by atoms with Crippen molar-refractivity contribution in [2.24, 2.45) is 0 Å². The van der Waals surface area contributed by atoms with Gasteiger partial charge in [0.2, 0.25) is 12.3 Å². The van der Waals surface area contributed by atoms with Crippen LogP contribution in [0, 0.1) is 0 Å². The summed E-state index contributed by atoms with van der Waals surface area (Å²) in [4.78, 5) is 39.0. The van der Waals surface area contributed by atoms with E-state index in [1.165, 1.54) is 12.1 Å². The zero-order valence-corrected chi connectivity index (χ0v) is 21.1. The van der Waals surface area contributed by atoms with Gasteiger partial charge in [0.15, 0.2) is 0 Å². The van der Waals surface area contributed by atoms with Gasteiger partial charge in [-0.2, -0.15) is 0 Å². The van der Waals surface area contributed by atoms with Crippen molar-refractivity contribution in [1.82, 2.24) is 9.80 Å². The zero-order valence-electron chi connectivity index (χ0n) is 21.1. The Hall–Kier alpha value is -4.43. The first-order valence-electron chi connectivity index (χ1n) is 11.9. The number of anilines is 2. The van der Waals surface area contributed by atoms with Crippen molar-refractivity contribution in [3.8, 4) is 0 Å². The number of amides is 2. The Morgan fingerprint density at radius 1 is 0.973 bits per heavy atom. The maximum absolute atomic E-state index is 12.6. The second kappa shape index (κ2) is 11.1. The van der Waals surface area contributed by atoms with Crippen molar-refractivity contribution in [3.63, 3.8) is 0 Å². The first kappa shape index (κ1) is 25.7. The van der Waals surface area contributed by atoms with Crippen molar-refractivity contribution in [2.45, 2.75) is 20.0 Å². The Bertz CT molecular complexity index is 1370. The first-order valence-corrected chi connectivity index (χ1v) is 11.9. The molecule has 37 heavy (non-hydrogen) atoms. The van der Waals surface area contributed by atoms with E-state index < -0.39 is 5.97 Å². The van der Waals surface area contributed by atoms with Gasteiger partial charge in [0.05, 0.1) is 12.1 Å². The molecule has 1 heterocycles. The Balaban J connectivity index is 1.71. The van der Waals surface area contributed by atoms with Crippen LogP contribution in [0.1, 0.15) is 39.5 Å². The maximum atomic E-state index is 12.6. The van der Waals surface area contributed by atoms with Crippen LogP contribution in [0.15, 0.2) is 66.7 Å². The van der Waals surface area contributed by atoms with Crippen molar-refractivity contribution in [3.05, 3.63) is 94.5 Å². The maximum Gasteiger partial charge on any atom is 0.335 e. The summed E-state index contributed by atoms with van der Waals surface area (Å²) < 4.78 is 0. The number of carbonyl (C=O) groups is 3. The highest BCUT2D eigenvalue weighted by Crippen LogP contribution is 2.34. The fourth-order valence-corrected chi connectivity index (χ4v) is 4.47. The van der Waals surface area contributed by atoms with Gasteiger partial charge < -0.3 is 25.5 Å². The molecule has 1 aliphatic heterocycles. The van der Waals surface area contributed by atoms with Gasteiger partial charge in [0.1, 0.15) is 0 Å². The fraction of sp³-hybridized carbons (Fsp3) is 0.207. The van der Waals surface area contributed by atoms with Crippen LogP contribution in [0.5, 0.6) is 0 Å². The number of nitrogens with one attached hydrogen (secondary N) is 2. The van der Waals surface area contributed by atoms with E-state index in [0.717, 1.165) is 33.6 Å². The van der Waals surface area contributed by atoms with Crippen LogP contribution in [-0.4, -0.2) is 53.8 Å². The summed E-state index contributed by atoms with van der Waals surface area (Å²) >= 11 is 0. The molecule has 0 aromatic heterocycles. The Kier molecular flexibility index (Phi) is 7.69. The van der Waals surface area contributed by atoms with Crippen LogP contribution < -0.4 is 10.6 Å². The number of hydrogen-bond donors (Lipinski definition) is 3. The van der Waals surface area contributed by atoms with E-state index in [2.05, 4.69) is 16.7 Å². The molecule has 0 unspecified atom stereocenters. The van der Waals surface area contributed by atoms with Gasteiger partial charge in [-0.15, -0.1) is 0 Å². The number of fused-ring (bicyclic) bond motifs is 1. The largest absolute Gasteiger partial charge is 0.478 e. The fourth-order valence-electron chi connectivity index (χ4n) is 4.47. The minimum absolute atomic E-state index is 0.0853. The molecular formula is C29H30N4O4. The van der Waals surface area contributed by atoms with Crippen LogP contribution in [0.25, 0.3) is 11.3 Å². The summed E-state index contributed by atoms with van der Waals surface area (Å²) in [5.41, 5.74) is 6.86. The second-order valence-electron chi connectivity index (χ2n) is 9.29. The number of nitrogens with zero attached hydrogens (tertiary/aromatic N) is 2. The quantitative estimate of drug-likeness (QED) is 0.299. The molecule has 0 radical (unpaired) electrons. The summed E-state index contributed by atoms with van der Waals surface area (Å²) in [6, 6.07) is 20.6. The molecule has 0 saturated carbocycles. The van der Waals surface area contributed by atoms with E-state index >= 15 is 0 Å². The van der Waals surface area contributed by atoms with Crippen LogP contribution in [-0.2, 0) is 22.7 Å². The van der Waals surface area contributed by atoms with Crippen molar-refractivity contribution in [2.75, 3.05) is 31.3 Å². The Morgan fingerprint density at radius 2 is 1.70 bits per heavy atom. The molecule has 0 bridgehead atoms. The Labute approximate surface area is 216 Å². The predicted octanol–water partition coefficient (Wildman–Crippen LogP) is 4.36. The molecule has 2 amide bonds. The summed E-state index contributed by atoms with van der Waals surface area (Å²) in [5, 5.41) is 15.6. The number of benzene rings is 3. The van der Waals surface area contributed by atoms with Crippen LogP contribution in [0.4, 0.5) is 11.4 Å². The molecule has 0 spiro atoms. The third-order valence-electron chi connectivity index (χ3n) is 6.32. The van der Waals surface area contributed by atoms with Gasteiger partial charge >= 0.3 is 5.97 Å². The van der Waals surface area contributed by atoms with Gasteiger partial charge in [0.25, 0.3) is 0 Å². The lowest BCUT2D eigenvalue weighted by molar-refractivity contribution is -0.132. The van der Waals surface area contributed by atoms with E-state index in [1.807, 2.05) is 73.3 Å². The predicted molar refractivity (Wildman–Crippen MR) is 145 cm³/mol. The molecule has 8 nitrogen and oxygen atoms in total. The van der Waals surface area contributed by atoms with E-state index in [4.69, 9.17) is 0 Å². The average Bonchev–Trinajstić information content (AvgIpc) is 3.31. The molecule has 0 fully saturated rings. The topological polar surface area (TPSA) is 102 Å².